The van der Waals surface area contributed by atoms with Crippen LogP contribution in [0.5, 0.6) is 11.5 Å². The Kier molecular flexibility index (Phi) is 7.20. The van der Waals surface area contributed by atoms with E-state index in [0.29, 0.717) is 28.4 Å². The minimum absolute atomic E-state index is 0.00132. The molecule has 1 saturated carbocycles. The SMILES string of the molecule is COCCN1CC[C@@H](n2ccc(NC3Nc4ccc(Oc5ccnc(NC(=O)C6CC6)c5)c(Cl)c4N3C)n2)C1. The standard InChI is InChI=1S/C27H33ClN8O3/c1-34-25-20(30-27(34)32-22-9-12-36(33-22)18-8-11-35(16-18)13-14-38-2)5-6-21(24(25)28)39-19-7-10-29-23(15-19)31-26(37)17-3-4-17/h5-7,9-10,12,15,17-18,27,30H,3-4,8,11,13-14,16H2,1-2H3,(H,32,33)(H,29,31,37)/t18-,27?/m1/s1. The van der Waals surface area contributed by atoms with Gasteiger partial charge in [-0.3, -0.25) is 14.4 Å². The lowest BCUT2D eigenvalue weighted by atomic mass is 10.2. The number of nitrogens with zero attached hydrogens (tertiary/aromatic N) is 5. The highest BCUT2D eigenvalue weighted by Crippen LogP contribution is 2.45. The minimum atomic E-state index is -0.233. The van der Waals surface area contributed by atoms with E-state index in [9.17, 15) is 4.79 Å². The number of likely N-dealkylation sites (tertiary alicyclic amines) is 1. The number of aromatic nitrogens is 3. The van der Waals surface area contributed by atoms with Crippen LogP contribution in [-0.2, 0) is 9.53 Å². The lowest BCUT2D eigenvalue weighted by Crippen LogP contribution is -2.39. The second kappa shape index (κ2) is 10.9. The zero-order valence-corrected chi connectivity index (χ0v) is 22.8. The molecule has 2 fully saturated rings. The van der Waals surface area contributed by atoms with E-state index in [1.807, 2.05) is 41.0 Å². The molecule has 3 aromatic rings. The fourth-order valence-corrected chi connectivity index (χ4v) is 5.38. The van der Waals surface area contributed by atoms with Crippen LogP contribution in [-0.4, -0.2) is 72.3 Å². The van der Waals surface area contributed by atoms with E-state index in [4.69, 9.17) is 26.2 Å². The van der Waals surface area contributed by atoms with Crippen LogP contribution >= 0.6 is 11.6 Å². The number of halogens is 1. The number of hydrogen-bond acceptors (Lipinski definition) is 9. The van der Waals surface area contributed by atoms with Gasteiger partial charge in [0.2, 0.25) is 5.91 Å². The summed E-state index contributed by atoms with van der Waals surface area (Å²) in [6.45, 7) is 3.72. The average Bonchev–Trinajstić information content (AvgIpc) is 3.36. The van der Waals surface area contributed by atoms with Crippen LogP contribution in [0.1, 0.15) is 25.3 Å². The van der Waals surface area contributed by atoms with Crippen molar-refractivity contribution >= 4 is 40.5 Å². The van der Waals surface area contributed by atoms with Crippen molar-refractivity contribution < 1.29 is 14.3 Å². The maximum atomic E-state index is 12.1. The van der Waals surface area contributed by atoms with Crippen molar-refractivity contribution in [1.82, 2.24) is 19.7 Å². The molecule has 6 rings (SSSR count). The summed E-state index contributed by atoms with van der Waals surface area (Å²) in [5.41, 5.74) is 1.72. The van der Waals surface area contributed by atoms with Crippen LogP contribution in [0, 0.1) is 5.92 Å². The largest absolute Gasteiger partial charge is 0.456 e. The molecule has 206 valence electrons. The third kappa shape index (κ3) is 5.61. The molecule has 1 saturated heterocycles. The zero-order valence-electron chi connectivity index (χ0n) is 22.1. The maximum Gasteiger partial charge on any atom is 0.228 e. The summed E-state index contributed by atoms with van der Waals surface area (Å²) in [4.78, 5) is 20.8. The summed E-state index contributed by atoms with van der Waals surface area (Å²) < 4.78 is 13.4. The number of ether oxygens (including phenoxy) is 2. The number of methoxy groups -OCH3 is 1. The van der Waals surface area contributed by atoms with E-state index in [1.165, 1.54) is 0 Å². The Hall–Kier alpha value is -3.54. The van der Waals surface area contributed by atoms with Gasteiger partial charge >= 0.3 is 0 Å². The van der Waals surface area contributed by atoms with Crippen molar-refractivity contribution in [3.8, 4) is 11.5 Å². The van der Waals surface area contributed by atoms with E-state index in [1.54, 1.807) is 25.4 Å². The normalized spacial score (nSPS) is 20.5. The number of fused-ring (bicyclic) bond motifs is 1. The number of hydrogen-bond donors (Lipinski definition) is 3. The molecule has 39 heavy (non-hydrogen) atoms. The predicted octanol–water partition coefficient (Wildman–Crippen LogP) is 4.22. The molecule has 0 radical (unpaired) electrons. The fourth-order valence-electron chi connectivity index (χ4n) is 5.05. The molecule has 0 bridgehead atoms. The molecule has 4 heterocycles. The molecule has 2 atom stereocenters. The summed E-state index contributed by atoms with van der Waals surface area (Å²) in [7, 11) is 3.70. The minimum Gasteiger partial charge on any atom is -0.456 e. The number of benzene rings is 1. The molecule has 1 aromatic carbocycles. The zero-order chi connectivity index (χ0) is 26.9. The van der Waals surface area contributed by atoms with Crippen LogP contribution in [0.4, 0.5) is 23.0 Å². The lowest BCUT2D eigenvalue weighted by Gasteiger charge is -2.23. The fraction of sp³-hybridized carbons (Fsp3) is 0.444. The molecule has 1 unspecified atom stereocenters. The highest BCUT2D eigenvalue weighted by molar-refractivity contribution is 6.35. The van der Waals surface area contributed by atoms with Gasteiger partial charge in [-0.1, -0.05) is 11.6 Å². The molecular weight excluding hydrogens is 520 g/mol. The van der Waals surface area contributed by atoms with Crippen molar-refractivity contribution in [1.29, 1.82) is 0 Å². The summed E-state index contributed by atoms with van der Waals surface area (Å²) >= 11 is 6.83. The lowest BCUT2D eigenvalue weighted by molar-refractivity contribution is -0.117. The van der Waals surface area contributed by atoms with E-state index in [2.05, 4.69) is 25.8 Å². The van der Waals surface area contributed by atoms with Crippen molar-refractivity contribution in [3.05, 3.63) is 47.7 Å². The van der Waals surface area contributed by atoms with E-state index in [0.717, 1.165) is 62.7 Å². The first-order valence-corrected chi connectivity index (χ1v) is 13.7. The Bertz CT molecular complexity index is 1350. The van der Waals surface area contributed by atoms with Gasteiger partial charge in [0.1, 0.15) is 22.3 Å². The third-order valence-electron chi connectivity index (χ3n) is 7.40. The molecule has 11 nitrogen and oxygen atoms in total. The number of nitrogens with one attached hydrogen (secondary N) is 3. The molecule has 3 N–H and O–H groups in total. The van der Waals surface area contributed by atoms with Crippen molar-refractivity contribution in [2.45, 2.75) is 31.6 Å². The Morgan fingerprint density at radius 1 is 1.21 bits per heavy atom. The number of anilines is 4. The topological polar surface area (TPSA) is 109 Å². The van der Waals surface area contributed by atoms with Crippen LogP contribution in [0.3, 0.4) is 0 Å². The highest BCUT2D eigenvalue weighted by Gasteiger charge is 2.31. The van der Waals surface area contributed by atoms with Crippen LogP contribution in [0.15, 0.2) is 42.7 Å². The van der Waals surface area contributed by atoms with Gasteiger partial charge < -0.3 is 30.3 Å². The van der Waals surface area contributed by atoms with Gasteiger partial charge in [-0.05, 0) is 37.5 Å². The van der Waals surface area contributed by atoms with Crippen molar-refractivity contribution in [2.24, 2.45) is 5.92 Å². The van der Waals surface area contributed by atoms with Gasteiger partial charge in [0, 0.05) is 64.2 Å². The smallest absolute Gasteiger partial charge is 0.228 e. The van der Waals surface area contributed by atoms with Gasteiger partial charge in [0.25, 0.3) is 0 Å². The number of carbonyl (C=O) groups excluding carboxylic acids is 1. The second-order valence-corrected chi connectivity index (χ2v) is 10.6. The molecule has 3 aliphatic rings. The first-order valence-electron chi connectivity index (χ1n) is 13.3. The second-order valence-electron chi connectivity index (χ2n) is 10.2. The quantitative estimate of drug-likeness (QED) is 0.340. The Morgan fingerprint density at radius 2 is 2.08 bits per heavy atom. The summed E-state index contributed by atoms with van der Waals surface area (Å²) in [5, 5.41) is 15.1. The molecule has 2 aliphatic heterocycles. The summed E-state index contributed by atoms with van der Waals surface area (Å²) in [6, 6.07) is 9.56. The van der Waals surface area contributed by atoms with Crippen LogP contribution < -0.4 is 25.6 Å². The van der Waals surface area contributed by atoms with E-state index >= 15 is 0 Å². The summed E-state index contributed by atoms with van der Waals surface area (Å²) in [5.74, 6) is 2.40. The van der Waals surface area contributed by atoms with Crippen LogP contribution in [0.2, 0.25) is 5.02 Å². The monoisotopic (exact) mass is 552 g/mol. The molecule has 2 aromatic heterocycles. The predicted molar refractivity (Wildman–Crippen MR) is 151 cm³/mol. The Morgan fingerprint density at radius 3 is 2.90 bits per heavy atom. The first-order chi connectivity index (χ1) is 19.0. The Labute approximate surface area is 232 Å². The molecule has 1 aliphatic carbocycles. The third-order valence-corrected chi connectivity index (χ3v) is 7.76. The molecular formula is C27H33ClN8O3. The van der Waals surface area contributed by atoms with Gasteiger partial charge in [0.15, 0.2) is 12.1 Å². The Balaban J connectivity index is 1.10. The number of amides is 1. The van der Waals surface area contributed by atoms with Crippen molar-refractivity contribution in [3.63, 3.8) is 0 Å². The van der Waals surface area contributed by atoms with Crippen LogP contribution in [0.25, 0.3) is 0 Å². The first kappa shape index (κ1) is 25.7. The molecule has 12 heteroatoms. The number of carbonyl (C=O) groups is 1. The van der Waals surface area contributed by atoms with Crippen molar-refractivity contribution in [2.75, 3.05) is 61.2 Å². The average molecular weight is 553 g/mol. The number of pyridine rings is 1. The molecule has 0 spiro atoms. The highest BCUT2D eigenvalue weighted by atomic mass is 35.5. The van der Waals surface area contributed by atoms with Gasteiger partial charge in [-0.2, -0.15) is 5.10 Å². The summed E-state index contributed by atoms with van der Waals surface area (Å²) in [6.07, 6.45) is 6.34. The van der Waals surface area contributed by atoms with Gasteiger partial charge in [0.05, 0.1) is 24.0 Å². The van der Waals surface area contributed by atoms with Gasteiger partial charge in [-0.15, -0.1) is 0 Å². The van der Waals surface area contributed by atoms with E-state index < -0.39 is 0 Å². The maximum absolute atomic E-state index is 12.1. The van der Waals surface area contributed by atoms with Gasteiger partial charge in [-0.25, -0.2) is 4.98 Å². The van der Waals surface area contributed by atoms with E-state index in [-0.39, 0.29) is 18.1 Å². The number of rotatable bonds is 10. The molecule has 1 amide bonds.